The standard InChI is InChI=1S/C12H25BN2O4/c1-3-15(4-2)10-8-14-11(12(16)17)9(10)6-5-7-13(18)19/h9-11,14,18-19H,3-8H2,1-2H3,(H,16,17)/t9-,10+,11+/m1/s1. The fraction of sp³-hybridized carbons (Fsp3) is 0.917. The predicted octanol–water partition coefficient (Wildman–Crippen LogP) is -0.378. The topological polar surface area (TPSA) is 93.0 Å². The van der Waals surface area contributed by atoms with Gasteiger partial charge in [0.15, 0.2) is 0 Å². The van der Waals surface area contributed by atoms with Crippen LogP contribution in [0, 0.1) is 5.92 Å². The molecular formula is C12H25BN2O4. The fourth-order valence-corrected chi connectivity index (χ4v) is 3.03. The minimum atomic E-state index is -1.30. The van der Waals surface area contributed by atoms with Gasteiger partial charge in [-0.15, -0.1) is 0 Å². The Bertz CT molecular complexity index is 287. The van der Waals surface area contributed by atoms with E-state index in [0.29, 0.717) is 25.7 Å². The Balaban J connectivity index is 2.66. The lowest BCUT2D eigenvalue weighted by Gasteiger charge is -2.31. The van der Waals surface area contributed by atoms with Crippen molar-refractivity contribution in [1.82, 2.24) is 10.2 Å². The van der Waals surface area contributed by atoms with E-state index < -0.39 is 19.1 Å². The van der Waals surface area contributed by atoms with Crippen LogP contribution in [0.3, 0.4) is 0 Å². The van der Waals surface area contributed by atoms with Crippen LogP contribution < -0.4 is 5.32 Å². The highest BCUT2D eigenvalue weighted by Crippen LogP contribution is 2.27. The van der Waals surface area contributed by atoms with Crippen LogP contribution in [0.1, 0.15) is 26.7 Å². The largest absolute Gasteiger partial charge is 0.480 e. The first-order valence-electron chi connectivity index (χ1n) is 7.07. The number of nitrogens with zero attached hydrogens (tertiary/aromatic N) is 1. The summed E-state index contributed by atoms with van der Waals surface area (Å²) in [7, 11) is -1.30. The Morgan fingerprint density at radius 3 is 2.47 bits per heavy atom. The molecule has 4 N–H and O–H groups in total. The van der Waals surface area contributed by atoms with Gasteiger partial charge in [0.25, 0.3) is 0 Å². The lowest BCUT2D eigenvalue weighted by molar-refractivity contribution is -0.140. The number of carboxylic acids is 1. The first-order valence-corrected chi connectivity index (χ1v) is 7.07. The van der Waals surface area contributed by atoms with Crippen LogP contribution in [0.15, 0.2) is 0 Å². The number of hydrogen-bond donors (Lipinski definition) is 4. The molecule has 1 aliphatic heterocycles. The van der Waals surface area contributed by atoms with Gasteiger partial charge in [-0.25, -0.2) is 0 Å². The maximum atomic E-state index is 11.3. The molecule has 0 aromatic heterocycles. The second-order valence-corrected chi connectivity index (χ2v) is 5.09. The molecule has 0 spiro atoms. The zero-order valence-electron chi connectivity index (χ0n) is 11.7. The van der Waals surface area contributed by atoms with Gasteiger partial charge in [-0.2, -0.15) is 0 Å². The number of likely N-dealkylation sites (N-methyl/N-ethyl adjacent to an activating group) is 1. The number of nitrogens with one attached hydrogen (secondary N) is 1. The van der Waals surface area contributed by atoms with Gasteiger partial charge in [-0.3, -0.25) is 9.69 Å². The van der Waals surface area contributed by atoms with Crippen LogP contribution in [-0.4, -0.2) is 64.9 Å². The van der Waals surface area contributed by atoms with E-state index in [1.165, 1.54) is 0 Å². The molecular weight excluding hydrogens is 247 g/mol. The average molecular weight is 272 g/mol. The Kier molecular flexibility index (Phi) is 6.78. The zero-order valence-corrected chi connectivity index (χ0v) is 11.7. The molecule has 0 aromatic rings. The SMILES string of the molecule is CCN(CC)[C@H]1CN[C@H](C(=O)O)[C@@H]1CCCB(O)O. The summed E-state index contributed by atoms with van der Waals surface area (Å²) in [6.45, 7) is 6.63. The van der Waals surface area contributed by atoms with Gasteiger partial charge in [0.1, 0.15) is 6.04 Å². The monoisotopic (exact) mass is 272 g/mol. The lowest BCUT2D eigenvalue weighted by Crippen LogP contribution is -2.42. The number of hydrogen-bond acceptors (Lipinski definition) is 5. The van der Waals surface area contributed by atoms with Crippen LogP contribution in [0.2, 0.25) is 6.32 Å². The Hall–Kier alpha value is -0.625. The second kappa shape index (κ2) is 7.84. The van der Waals surface area contributed by atoms with Gasteiger partial charge in [0.05, 0.1) is 0 Å². The van der Waals surface area contributed by atoms with Crippen LogP contribution in [0.5, 0.6) is 0 Å². The highest BCUT2D eigenvalue weighted by molar-refractivity contribution is 6.40. The average Bonchev–Trinajstić information content (AvgIpc) is 2.75. The first kappa shape index (κ1) is 16.4. The van der Waals surface area contributed by atoms with Crippen molar-refractivity contribution >= 4 is 13.1 Å². The van der Waals surface area contributed by atoms with E-state index in [1.54, 1.807) is 0 Å². The molecule has 0 aromatic carbocycles. The van der Waals surface area contributed by atoms with Crippen molar-refractivity contribution in [1.29, 1.82) is 0 Å². The second-order valence-electron chi connectivity index (χ2n) is 5.09. The summed E-state index contributed by atoms with van der Waals surface area (Å²) in [6.07, 6.45) is 1.63. The minimum Gasteiger partial charge on any atom is -0.480 e. The van der Waals surface area contributed by atoms with Crippen LogP contribution in [0.25, 0.3) is 0 Å². The van der Waals surface area contributed by atoms with Gasteiger partial charge in [-0.05, 0) is 25.8 Å². The molecule has 6 nitrogen and oxygen atoms in total. The van der Waals surface area contributed by atoms with E-state index in [4.69, 9.17) is 10.0 Å². The maximum absolute atomic E-state index is 11.3. The van der Waals surface area contributed by atoms with Crippen molar-refractivity contribution in [3.63, 3.8) is 0 Å². The van der Waals surface area contributed by atoms with Crippen LogP contribution >= 0.6 is 0 Å². The highest BCUT2D eigenvalue weighted by Gasteiger charge is 2.41. The van der Waals surface area contributed by atoms with E-state index >= 15 is 0 Å². The lowest BCUT2D eigenvalue weighted by atomic mass is 9.80. The third kappa shape index (κ3) is 4.45. The van der Waals surface area contributed by atoms with E-state index in [9.17, 15) is 9.90 Å². The molecule has 110 valence electrons. The quantitative estimate of drug-likeness (QED) is 0.450. The molecule has 0 amide bonds. The molecule has 1 saturated heterocycles. The molecule has 1 aliphatic rings. The van der Waals surface area contributed by atoms with Crippen molar-refractivity contribution in [2.24, 2.45) is 5.92 Å². The molecule has 0 bridgehead atoms. The molecule has 3 atom stereocenters. The molecule has 7 heteroatoms. The number of rotatable bonds is 8. The summed E-state index contributed by atoms with van der Waals surface area (Å²) >= 11 is 0. The van der Waals surface area contributed by atoms with Crippen LogP contribution in [-0.2, 0) is 4.79 Å². The molecule has 1 rings (SSSR count). The molecule has 0 aliphatic carbocycles. The summed E-state index contributed by atoms with van der Waals surface area (Å²) < 4.78 is 0. The Morgan fingerprint density at radius 2 is 2.00 bits per heavy atom. The fourth-order valence-electron chi connectivity index (χ4n) is 3.03. The molecule has 0 radical (unpaired) electrons. The summed E-state index contributed by atoms with van der Waals surface area (Å²) in [6, 6.07) is -0.312. The van der Waals surface area contributed by atoms with E-state index in [-0.39, 0.29) is 12.0 Å². The molecule has 1 heterocycles. The molecule has 0 unspecified atom stereocenters. The van der Waals surface area contributed by atoms with Gasteiger partial charge < -0.3 is 20.5 Å². The number of aliphatic carboxylic acids is 1. The van der Waals surface area contributed by atoms with Crippen molar-refractivity contribution < 1.29 is 19.9 Å². The predicted molar refractivity (Wildman–Crippen MR) is 73.9 cm³/mol. The van der Waals surface area contributed by atoms with Gasteiger partial charge in [-0.1, -0.05) is 20.3 Å². The van der Waals surface area contributed by atoms with Crippen molar-refractivity contribution in [2.75, 3.05) is 19.6 Å². The van der Waals surface area contributed by atoms with Crippen molar-refractivity contribution in [2.45, 2.75) is 45.1 Å². The zero-order chi connectivity index (χ0) is 14.4. The molecule has 0 saturated carbocycles. The molecule has 1 fully saturated rings. The van der Waals surface area contributed by atoms with E-state index in [1.807, 2.05) is 0 Å². The van der Waals surface area contributed by atoms with E-state index in [2.05, 4.69) is 24.1 Å². The maximum Gasteiger partial charge on any atom is 0.451 e. The van der Waals surface area contributed by atoms with Gasteiger partial charge in [0.2, 0.25) is 0 Å². The smallest absolute Gasteiger partial charge is 0.451 e. The summed E-state index contributed by atoms with van der Waals surface area (Å²) in [5, 5.41) is 30.1. The number of carboxylic acid groups (broad SMARTS) is 1. The summed E-state index contributed by atoms with van der Waals surface area (Å²) in [5.41, 5.74) is 0. The van der Waals surface area contributed by atoms with Crippen LogP contribution in [0.4, 0.5) is 0 Å². The third-order valence-corrected chi connectivity index (χ3v) is 4.02. The van der Waals surface area contributed by atoms with Crippen molar-refractivity contribution in [3.05, 3.63) is 0 Å². The third-order valence-electron chi connectivity index (χ3n) is 4.02. The van der Waals surface area contributed by atoms with Crippen molar-refractivity contribution in [3.8, 4) is 0 Å². The highest BCUT2D eigenvalue weighted by atomic mass is 16.4. The summed E-state index contributed by atoms with van der Waals surface area (Å²) in [4.78, 5) is 13.5. The normalized spacial score (nSPS) is 26.9. The minimum absolute atomic E-state index is 0.0242. The first-order chi connectivity index (χ1) is 9.01. The van der Waals surface area contributed by atoms with Gasteiger partial charge in [0, 0.05) is 18.5 Å². The Morgan fingerprint density at radius 1 is 1.37 bits per heavy atom. The number of carbonyl (C=O) groups is 1. The van der Waals surface area contributed by atoms with Gasteiger partial charge >= 0.3 is 13.1 Å². The van der Waals surface area contributed by atoms with E-state index in [0.717, 1.165) is 13.1 Å². The Labute approximate surface area is 114 Å². The molecule has 19 heavy (non-hydrogen) atoms. The summed E-state index contributed by atoms with van der Waals surface area (Å²) in [5.74, 6) is -0.791.